The minimum Gasteiger partial charge on any atom is -0.398 e. The fraction of sp³-hybridized carbons (Fsp3) is 0.429. The van der Waals surface area contributed by atoms with Crippen molar-refractivity contribution in [2.45, 2.75) is 27.7 Å². The lowest BCUT2D eigenvalue weighted by Crippen LogP contribution is -2.34. The fourth-order valence-corrected chi connectivity index (χ4v) is 3.63. The monoisotopic (exact) mass is 419 g/mol. The average molecular weight is 420 g/mol. The van der Waals surface area contributed by atoms with E-state index < -0.39 is 10.0 Å². The summed E-state index contributed by atoms with van der Waals surface area (Å²) in [7, 11) is -3.22. The van der Waals surface area contributed by atoms with Gasteiger partial charge < -0.3 is 21.3 Å². The molecule has 29 heavy (non-hydrogen) atoms. The summed E-state index contributed by atoms with van der Waals surface area (Å²) in [5.74, 6) is 0. The Bertz CT molecular complexity index is 944. The van der Waals surface area contributed by atoms with Gasteiger partial charge in [-0.05, 0) is 69.2 Å². The molecule has 2 aromatic rings. The number of rotatable bonds is 10. The Morgan fingerprint density at radius 2 is 1.76 bits per heavy atom. The van der Waals surface area contributed by atoms with Gasteiger partial charge in [0.05, 0.1) is 17.6 Å². The van der Waals surface area contributed by atoms with Gasteiger partial charge in [-0.15, -0.1) is 0 Å². The van der Waals surface area contributed by atoms with Gasteiger partial charge in [-0.25, -0.2) is 13.1 Å². The van der Waals surface area contributed by atoms with Crippen molar-refractivity contribution in [1.82, 2.24) is 4.72 Å². The highest BCUT2D eigenvalue weighted by atomic mass is 32.2. The summed E-state index contributed by atoms with van der Waals surface area (Å²) in [6.45, 7) is 10.7. The molecule has 0 saturated carbocycles. The van der Waals surface area contributed by atoms with Gasteiger partial charge in [-0.3, -0.25) is 0 Å². The molecular weight excluding hydrogens is 386 g/mol. The molecule has 0 aliphatic heterocycles. The molecule has 7 nitrogen and oxygen atoms in total. The van der Waals surface area contributed by atoms with Crippen LogP contribution in [0.4, 0.5) is 28.4 Å². The minimum absolute atomic E-state index is 0.339. The van der Waals surface area contributed by atoms with Crippen molar-refractivity contribution in [1.29, 1.82) is 0 Å². The number of nitrogens with one attached hydrogen (secondary N) is 3. The molecule has 0 aliphatic carbocycles. The molecule has 0 amide bonds. The minimum atomic E-state index is -3.22. The summed E-state index contributed by atoms with van der Waals surface area (Å²) in [6.07, 6.45) is 1.17. The molecule has 160 valence electrons. The van der Waals surface area contributed by atoms with Crippen molar-refractivity contribution in [2.75, 3.05) is 53.7 Å². The topological polar surface area (TPSA) is 99.5 Å². The highest BCUT2D eigenvalue weighted by Gasteiger charge is 2.14. The van der Waals surface area contributed by atoms with Crippen LogP contribution in [0.25, 0.3) is 0 Å². The van der Waals surface area contributed by atoms with Gasteiger partial charge in [-0.2, -0.15) is 0 Å². The Hall–Kier alpha value is -2.45. The lowest BCUT2D eigenvalue weighted by molar-refractivity contribution is 0.587. The predicted molar refractivity (Wildman–Crippen MR) is 125 cm³/mol. The number of benzene rings is 2. The number of hydrogen-bond donors (Lipinski definition) is 4. The lowest BCUT2D eigenvalue weighted by atomic mass is 10.1. The van der Waals surface area contributed by atoms with Crippen molar-refractivity contribution in [3.63, 3.8) is 0 Å². The van der Waals surface area contributed by atoms with Crippen LogP contribution in [0.2, 0.25) is 0 Å². The summed E-state index contributed by atoms with van der Waals surface area (Å²) in [5, 5.41) is 6.83. The Labute approximate surface area is 174 Å². The molecule has 0 spiro atoms. The highest BCUT2D eigenvalue weighted by molar-refractivity contribution is 7.88. The maximum atomic E-state index is 11.4. The van der Waals surface area contributed by atoms with Crippen LogP contribution < -0.4 is 26.0 Å². The number of nitrogens with zero attached hydrogens (tertiary/aromatic N) is 1. The highest BCUT2D eigenvalue weighted by Crippen LogP contribution is 2.34. The van der Waals surface area contributed by atoms with Gasteiger partial charge in [0.2, 0.25) is 10.0 Å². The Balaban J connectivity index is 2.31. The van der Waals surface area contributed by atoms with Crippen molar-refractivity contribution >= 4 is 38.5 Å². The van der Waals surface area contributed by atoms with Crippen molar-refractivity contribution in [3.8, 4) is 0 Å². The van der Waals surface area contributed by atoms with Gasteiger partial charge in [0.15, 0.2) is 0 Å². The van der Waals surface area contributed by atoms with Gasteiger partial charge in [0.25, 0.3) is 0 Å². The van der Waals surface area contributed by atoms with E-state index in [-0.39, 0.29) is 0 Å². The van der Waals surface area contributed by atoms with E-state index in [0.717, 1.165) is 47.0 Å². The molecule has 5 N–H and O–H groups in total. The Kier molecular flexibility index (Phi) is 7.75. The van der Waals surface area contributed by atoms with Crippen LogP contribution in [-0.4, -0.2) is 40.9 Å². The number of nitrogen functional groups attached to an aromatic ring is 1. The van der Waals surface area contributed by atoms with Crippen LogP contribution in [0.15, 0.2) is 30.3 Å². The van der Waals surface area contributed by atoms with Crippen LogP contribution in [0.3, 0.4) is 0 Å². The predicted octanol–water partition coefficient (Wildman–Crippen LogP) is 3.44. The van der Waals surface area contributed by atoms with Crippen LogP contribution in [-0.2, 0) is 10.0 Å². The van der Waals surface area contributed by atoms with Crippen LogP contribution in [0, 0.1) is 13.8 Å². The molecule has 0 aromatic heterocycles. The van der Waals surface area contributed by atoms with Crippen LogP contribution in [0.1, 0.15) is 25.0 Å². The van der Waals surface area contributed by atoms with E-state index in [1.165, 1.54) is 6.26 Å². The summed E-state index contributed by atoms with van der Waals surface area (Å²) >= 11 is 0. The zero-order valence-corrected chi connectivity index (χ0v) is 18.8. The van der Waals surface area contributed by atoms with Gasteiger partial charge in [0, 0.05) is 43.2 Å². The molecule has 0 radical (unpaired) electrons. The summed E-state index contributed by atoms with van der Waals surface area (Å²) in [4.78, 5) is 2.13. The normalized spacial score (nSPS) is 11.3. The summed E-state index contributed by atoms with van der Waals surface area (Å²) in [6, 6.07) is 10.2. The lowest BCUT2D eigenvalue weighted by Gasteiger charge is -2.27. The molecule has 0 heterocycles. The number of likely N-dealkylation sites (N-methyl/N-ethyl adjacent to an activating group) is 1. The second-order valence-corrected chi connectivity index (χ2v) is 8.99. The van der Waals surface area contributed by atoms with E-state index in [2.05, 4.69) is 46.2 Å². The van der Waals surface area contributed by atoms with E-state index in [4.69, 9.17) is 5.73 Å². The van der Waals surface area contributed by atoms with E-state index in [0.29, 0.717) is 18.8 Å². The third kappa shape index (κ3) is 6.54. The second-order valence-electron chi connectivity index (χ2n) is 7.16. The average Bonchev–Trinajstić information content (AvgIpc) is 2.63. The van der Waals surface area contributed by atoms with Crippen LogP contribution >= 0.6 is 0 Å². The molecule has 2 rings (SSSR count). The number of sulfonamides is 1. The van der Waals surface area contributed by atoms with Crippen molar-refractivity contribution in [3.05, 3.63) is 41.5 Å². The van der Waals surface area contributed by atoms with E-state index in [1.54, 1.807) is 0 Å². The fourth-order valence-electron chi connectivity index (χ4n) is 3.17. The first-order valence-corrected chi connectivity index (χ1v) is 11.7. The number of hydrogen-bond acceptors (Lipinski definition) is 6. The Morgan fingerprint density at radius 3 is 2.34 bits per heavy atom. The van der Waals surface area contributed by atoms with E-state index in [1.807, 2.05) is 32.0 Å². The third-order valence-corrected chi connectivity index (χ3v) is 5.45. The maximum absolute atomic E-state index is 11.4. The molecule has 0 atom stereocenters. The van der Waals surface area contributed by atoms with Crippen LogP contribution in [0.5, 0.6) is 0 Å². The first-order valence-electron chi connectivity index (χ1n) is 9.85. The first kappa shape index (κ1) is 22.8. The molecule has 0 saturated heterocycles. The largest absolute Gasteiger partial charge is 0.398 e. The van der Waals surface area contributed by atoms with E-state index in [9.17, 15) is 8.42 Å². The maximum Gasteiger partial charge on any atom is 0.208 e. The second kappa shape index (κ2) is 9.84. The molecule has 0 fully saturated rings. The van der Waals surface area contributed by atoms with Gasteiger partial charge in [0.1, 0.15) is 0 Å². The SMILES string of the molecule is CCNc1ccc(Nc2cc(N)c(C)cc2N(CC)CCNS(C)(=O)=O)cc1C. The quantitative estimate of drug-likeness (QED) is 0.440. The molecule has 0 unspecified atom stereocenters. The van der Waals surface area contributed by atoms with E-state index >= 15 is 0 Å². The smallest absolute Gasteiger partial charge is 0.208 e. The number of anilines is 5. The van der Waals surface area contributed by atoms with Crippen molar-refractivity contribution < 1.29 is 8.42 Å². The molecule has 2 aromatic carbocycles. The molecule has 8 heteroatoms. The zero-order valence-electron chi connectivity index (χ0n) is 18.0. The summed E-state index contributed by atoms with van der Waals surface area (Å²) in [5.41, 5.74) is 13.0. The molecule has 0 aliphatic rings. The zero-order chi connectivity index (χ0) is 21.6. The number of nitrogens with two attached hydrogens (primary N) is 1. The third-order valence-electron chi connectivity index (χ3n) is 4.73. The Morgan fingerprint density at radius 1 is 1.03 bits per heavy atom. The molecule has 0 bridgehead atoms. The van der Waals surface area contributed by atoms with Gasteiger partial charge >= 0.3 is 0 Å². The van der Waals surface area contributed by atoms with Gasteiger partial charge in [-0.1, -0.05) is 0 Å². The first-order chi connectivity index (χ1) is 13.6. The standard InChI is InChI=1S/C21H33N5O2S/c1-6-23-19-9-8-17(12-16(19)4)25-20-14-18(22)15(3)13-21(20)26(7-2)11-10-24-29(5,27)28/h8-9,12-14,23-25H,6-7,10-11,22H2,1-5H3. The number of aryl methyl sites for hydroxylation is 2. The summed E-state index contributed by atoms with van der Waals surface area (Å²) < 4.78 is 25.3. The molecular formula is C21H33N5O2S. The van der Waals surface area contributed by atoms with Crippen molar-refractivity contribution in [2.24, 2.45) is 0 Å².